The minimum absolute atomic E-state index is 0.301. The predicted octanol–water partition coefficient (Wildman–Crippen LogP) is 1.53. The molecular formula is C13H19N5. The number of hydrogen-bond donors (Lipinski definition) is 2. The molecule has 1 aliphatic rings. The molecule has 0 saturated carbocycles. The zero-order chi connectivity index (χ0) is 12.4. The molecule has 0 bridgehead atoms. The average molecular weight is 245 g/mol. The van der Waals surface area contributed by atoms with E-state index in [1.165, 1.54) is 12.8 Å². The molecule has 1 saturated heterocycles. The zero-order valence-corrected chi connectivity index (χ0v) is 10.7. The van der Waals surface area contributed by atoms with Crippen molar-refractivity contribution in [2.45, 2.75) is 19.8 Å². The van der Waals surface area contributed by atoms with Crippen LogP contribution in [0.1, 0.15) is 19.8 Å². The van der Waals surface area contributed by atoms with Crippen molar-refractivity contribution in [3.05, 3.63) is 24.4 Å². The number of hydrogen-bond acceptors (Lipinski definition) is 4. The van der Waals surface area contributed by atoms with Crippen LogP contribution in [0.15, 0.2) is 24.4 Å². The molecule has 0 spiro atoms. The van der Waals surface area contributed by atoms with Crippen molar-refractivity contribution in [1.29, 1.82) is 0 Å². The van der Waals surface area contributed by atoms with Gasteiger partial charge in [-0.05, 0) is 36.9 Å². The second-order valence-corrected chi connectivity index (χ2v) is 5.38. The normalized spacial score (nSPS) is 24.3. The molecule has 0 amide bonds. The highest BCUT2D eigenvalue weighted by Gasteiger charge is 2.26. The maximum atomic E-state index is 4.45. The van der Waals surface area contributed by atoms with Gasteiger partial charge in [-0.2, -0.15) is 4.98 Å². The predicted molar refractivity (Wildman–Crippen MR) is 71.7 cm³/mol. The molecule has 1 fully saturated rings. The molecule has 2 aromatic heterocycles. The Morgan fingerprint density at radius 2 is 2.44 bits per heavy atom. The van der Waals surface area contributed by atoms with Crippen molar-refractivity contribution >= 4 is 11.6 Å². The Bertz CT molecular complexity index is 494. The van der Waals surface area contributed by atoms with Crippen molar-refractivity contribution in [2.75, 3.05) is 25.0 Å². The lowest BCUT2D eigenvalue weighted by atomic mass is 9.83. The molecule has 2 aromatic rings. The maximum absolute atomic E-state index is 4.45. The summed E-state index contributed by atoms with van der Waals surface area (Å²) < 4.78 is 1.80. The zero-order valence-electron chi connectivity index (χ0n) is 10.7. The molecule has 3 rings (SSSR count). The minimum atomic E-state index is 0.301. The third-order valence-corrected chi connectivity index (χ3v) is 3.60. The van der Waals surface area contributed by atoms with E-state index in [-0.39, 0.29) is 0 Å². The lowest BCUT2D eigenvalue weighted by Crippen LogP contribution is -2.42. The fraction of sp³-hybridized carbons (Fsp3) is 0.538. The molecular weight excluding hydrogens is 226 g/mol. The van der Waals surface area contributed by atoms with E-state index in [0.29, 0.717) is 11.4 Å². The standard InChI is InChI=1S/C13H19N5/c1-13(6-4-7-14-9-13)10-15-12-16-11-5-2-3-8-18(11)17-12/h2-3,5,8,14H,4,6-7,9-10H2,1H3,(H,15,17). The lowest BCUT2D eigenvalue weighted by Gasteiger charge is -2.34. The van der Waals surface area contributed by atoms with Gasteiger partial charge >= 0.3 is 0 Å². The van der Waals surface area contributed by atoms with E-state index < -0.39 is 0 Å². The van der Waals surface area contributed by atoms with Gasteiger partial charge in [-0.1, -0.05) is 13.0 Å². The molecule has 0 aliphatic carbocycles. The van der Waals surface area contributed by atoms with Gasteiger partial charge in [0.25, 0.3) is 0 Å². The number of nitrogens with zero attached hydrogens (tertiary/aromatic N) is 3. The summed E-state index contributed by atoms with van der Waals surface area (Å²) in [6, 6.07) is 5.89. The van der Waals surface area contributed by atoms with Gasteiger partial charge in [-0.15, -0.1) is 5.10 Å². The maximum Gasteiger partial charge on any atom is 0.243 e. The largest absolute Gasteiger partial charge is 0.352 e. The molecule has 1 unspecified atom stereocenters. The molecule has 1 atom stereocenters. The summed E-state index contributed by atoms with van der Waals surface area (Å²) in [6.07, 6.45) is 4.41. The molecule has 5 nitrogen and oxygen atoms in total. The fourth-order valence-corrected chi connectivity index (χ4v) is 2.47. The van der Waals surface area contributed by atoms with Crippen LogP contribution in [0.25, 0.3) is 5.65 Å². The summed E-state index contributed by atoms with van der Waals surface area (Å²) >= 11 is 0. The summed E-state index contributed by atoms with van der Waals surface area (Å²) in [7, 11) is 0. The van der Waals surface area contributed by atoms with Crippen LogP contribution in [-0.2, 0) is 0 Å². The van der Waals surface area contributed by atoms with E-state index in [0.717, 1.165) is 25.3 Å². The second kappa shape index (κ2) is 4.57. The summed E-state index contributed by atoms with van der Waals surface area (Å²) in [5.74, 6) is 0.716. The Morgan fingerprint density at radius 1 is 1.50 bits per heavy atom. The quantitative estimate of drug-likeness (QED) is 0.861. The number of piperidine rings is 1. The number of rotatable bonds is 3. The summed E-state index contributed by atoms with van der Waals surface area (Å²) in [4.78, 5) is 4.45. The SMILES string of the molecule is CC1(CNc2nc3ccccn3n2)CCCNC1. The Hall–Kier alpha value is -1.62. The highest BCUT2D eigenvalue weighted by Crippen LogP contribution is 2.25. The lowest BCUT2D eigenvalue weighted by molar-refractivity contribution is 0.253. The van der Waals surface area contributed by atoms with Crippen molar-refractivity contribution in [1.82, 2.24) is 19.9 Å². The molecule has 18 heavy (non-hydrogen) atoms. The minimum Gasteiger partial charge on any atom is -0.352 e. The highest BCUT2D eigenvalue weighted by atomic mass is 15.3. The third-order valence-electron chi connectivity index (χ3n) is 3.60. The smallest absolute Gasteiger partial charge is 0.243 e. The summed E-state index contributed by atoms with van der Waals surface area (Å²) in [5.41, 5.74) is 1.18. The Balaban J connectivity index is 1.69. The van der Waals surface area contributed by atoms with Gasteiger partial charge in [-0.3, -0.25) is 0 Å². The van der Waals surface area contributed by atoms with E-state index in [2.05, 4.69) is 27.6 Å². The van der Waals surface area contributed by atoms with Gasteiger partial charge in [0.05, 0.1) is 0 Å². The van der Waals surface area contributed by atoms with Gasteiger partial charge in [0, 0.05) is 19.3 Å². The van der Waals surface area contributed by atoms with Crippen molar-refractivity contribution in [3.8, 4) is 0 Å². The van der Waals surface area contributed by atoms with E-state index >= 15 is 0 Å². The molecule has 0 radical (unpaired) electrons. The number of aromatic nitrogens is 3. The van der Waals surface area contributed by atoms with Gasteiger partial charge in [-0.25, -0.2) is 4.52 Å². The van der Waals surface area contributed by atoms with E-state index in [1.807, 2.05) is 24.4 Å². The Labute approximate surface area is 107 Å². The van der Waals surface area contributed by atoms with Crippen molar-refractivity contribution < 1.29 is 0 Å². The summed E-state index contributed by atoms with van der Waals surface area (Å²) in [6.45, 7) is 5.43. The fourth-order valence-electron chi connectivity index (χ4n) is 2.47. The Morgan fingerprint density at radius 3 is 3.22 bits per heavy atom. The van der Waals surface area contributed by atoms with E-state index in [4.69, 9.17) is 0 Å². The second-order valence-electron chi connectivity index (χ2n) is 5.38. The highest BCUT2D eigenvalue weighted by molar-refractivity contribution is 5.42. The first-order valence-corrected chi connectivity index (χ1v) is 6.51. The third kappa shape index (κ3) is 2.31. The first kappa shape index (κ1) is 11.5. The molecule has 2 N–H and O–H groups in total. The number of fused-ring (bicyclic) bond motifs is 1. The molecule has 96 valence electrons. The van der Waals surface area contributed by atoms with Crippen LogP contribution < -0.4 is 10.6 Å². The first-order valence-electron chi connectivity index (χ1n) is 6.51. The number of nitrogens with one attached hydrogen (secondary N) is 2. The molecule has 1 aliphatic heterocycles. The van der Waals surface area contributed by atoms with Gasteiger partial charge in [0.15, 0.2) is 5.65 Å². The molecule has 0 aromatic carbocycles. The molecule has 5 heteroatoms. The number of pyridine rings is 1. The van der Waals surface area contributed by atoms with Crippen LogP contribution in [-0.4, -0.2) is 34.2 Å². The first-order chi connectivity index (χ1) is 8.75. The van der Waals surface area contributed by atoms with Crippen LogP contribution in [0.4, 0.5) is 5.95 Å². The topological polar surface area (TPSA) is 54.2 Å². The van der Waals surface area contributed by atoms with Crippen molar-refractivity contribution in [2.24, 2.45) is 5.41 Å². The van der Waals surface area contributed by atoms with Gasteiger partial charge in [0.1, 0.15) is 0 Å². The van der Waals surface area contributed by atoms with Crippen LogP contribution in [0, 0.1) is 5.41 Å². The van der Waals surface area contributed by atoms with Gasteiger partial charge in [0.2, 0.25) is 5.95 Å². The van der Waals surface area contributed by atoms with Crippen LogP contribution in [0.2, 0.25) is 0 Å². The van der Waals surface area contributed by atoms with E-state index in [1.54, 1.807) is 4.52 Å². The molecule has 3 heterocycles. The number of anilines is 1. The Kier molecular flexibility index (Phi) is 2.91. The van der Waals surface area contributed by atoms with Crippen molar-refractivity contribution in [3.63, 3.8) is 0 Å². The van der Waals surface area contributed by atoms with Crippen LogP contribution >= 0.6 is 0 Å². The van der Waals surface area contributed by atoms with Crippen LogP contribution in [0.3, 0.4) is 0 Å². The van der Waals surface area contributed by atoms with Gasteiger partial charge < -0.3 is 10.6 Å². The summed E-state index contributed by atoms with van der Waals surface area (Å²) in [5, 5.41) is 11.2. The van der Waals surface area contributed by atoms with Crippen LogP contribution in [0.5, 0.6) is 0 Å². The average Bonchev–Trinajstić information content (AvgIpc) is 2.80. The monoisotopic (exact) mass is 245 g/mol. The van der Waals surface area contributed by atoms with E-state index in [9.17, 15) is 0 Å².